The number of carbonyl (C=O) groups excluding carboxylic acids is 1. The minimum atomic E-state index is -4.50. The molecule has 0 saturated carbocycles. The molecule has 0 unspecified atom stereocenters. The summed E-state index contributed by atoms with van der Waals surface area (Å²) < 4.78 is 38.3. The largest absolute Gasteiger partial charge is 0.416 e. The number of benzene rings is 2. The number of nitro benzene ring substituents is 1. The van der Waals surface area contributed by atoms with E-state index < -0.39 is 22.7 Å². The quantitative estimate of drug-likeness (QED) is 0.464. The number of nitrogens with one attached hydrogen (secondary N) is 1. The van der Waals surface area contributed by atoms with Crippen LogP contribution in [0, 0.1) is 10.1 Å². The lowest BCUT2D eigenvalue weighted by Crippen LogP contribution is -2.24. The molecule has 0 spiro atoms. The van der Waals surface area contributed by atoms with Crippen LogP contribution in [0.1, 0.15) is 11.1 Å². The molecule has 2 aromatic rings. The van der Waals surface area contributed by atoms with E-state index in [0.29, 0.717) is 5.56 Å². The lowest BCUT2D eigenvalue weighted by molar-refractivity contribution is -0.387. The summed E-state index contributed by atoms with van der Waals surface area (Å²) in [4.78, 5) is 21.5. The molecule has 3 N–H and O–H groups in total. The molecular weight excluding hydrogens is 373 g/mol. The van der Waals surface area contributed by atoms with Gasteiger partial charge in [-0.1, -0.05) is 23.9 Å². The Morgan fingerprint density at radius 2 is 2.00 bits per heavy atom. The highest BCUT2D eigenvalue weighted by Crippen LogP contribution is 2.38. The second kappa shape index (κ2) is 7.87. The fourth-order valence-electron chi connectivity index (χ4n) is 1.88. The maximum atomic E-state index is 12.8. The molecule has 2 aromatic carbocycles. The molecule has 2 rings (SSSR count). The highest BCUT2D eigenvalue weighted by atomic mass is 32.2. The van der Waals surface area contributed by atoms with Gasteiger partial charge in [0, 0.05) is 16.5 Å². The van der Waals surface area contributed by atoms with Crippen molar-refractivity contribution in [3.63, 3.8) is 0 Å². The molecule has 0 aliphatic rings. The molecule has 26 heavy (non-hydrogen) atoms. The highest BCUT2D eigenvalue weighted by molar-refractivity contribution is 7.99. The number of amides is 2. The SMILES string of the molecule is NC(=O)NN=Cc1ccc(Sc2cccc(C(F)(F)F)c2)c([N+](=O)[O-])c1. The van der Waals surface area contributed by atoms with Crippen molar-refractivity contribution >= 4 is 29.7 Å². The second-order valence-corrected chi connectivity index (χ2v) is 5.96. The molecule has 0 aliphatic carbocycles. The van der Waals surface area contributed by atoms with Crippen LogP contribution in [0.25, 0.3) is 0 Å². The smallest absolute Gasteiger partial charge is 0.350 e. The average Bonchev–Trinajstić information content (AvgIpc) is 2.55. The van der Waals surface area contributed by atoms with E-state index in [4.69, 9.17) is 5.73 Å². The standard InChI is InChI=1S/C15H11F3N4O3S/c16-15(17,18)10-2-1-3-11(7-10)26-13-5-4-9(6-12(13)22(24)25)8-20-21-14(19)23/h1-8H,(H3,19,21,23). The van der Waals surface area contributed by atoms with Gasteiger partial charge in [0.15, 0.2) is 0 Å². The number of nitrogens with zero attached hydrogens (tertiary/aromatic N) is 2. The summed E-state index contributed by atoms with van der Waals surface area (Å²) >= 11 is 0.834. The summed E-state index contributed by atoms with van der Waals surface area (Å²) in [5, 5.41) is 14.7. The molecule has 0 saturated heterocycles. The van der Waals surface area contributed by atoms with E-state index in [-0.39, 0.29) is 15.5 Å². The minimum absolute atomic E-state index is 0.161. The molecule has 0 aromatic heterocycles. The Balaban J connectivity index is 2.31. The van der Waals surface area contributed by atoms with Crippen molar-refractivity contribution in [1.29, 1.82) is 0 Å². The first-order valence-electron chi connectivity index (χ1n) is 6.89. The van der Waals surface area contributed by atoms with Crippen molar-refractivity contribution < 1.29 is 22.9 Å². The zero-order valence-electron chi connectivity index (χ0n) is 12.9. The third-order valence-electron chi connectivity index (χ3n) is 2.96. The van der Waals surface area contributed by atoms with Crippen LogP contribution < -0.4 is 11.2 Å². The first-order chi connectivity index (χ1) is 12.2. The van der Waals surface area contributed by atoms with Crippen molar-refractivity contribution in [1.82, 2.24) is 5.43 Å². The van der Waals surface area contributed by atoms with Gasteiger partial charge < -0.3 is 5.73 Å². The van der Waals surface area contributed by atoms with Gasteiger partial charge in [0.25, 0.3) is 5.69 Å². The van der Waals surface area contributed by atoms with Crippen molar-refractivity contribution in [2.45, 2.75) is 16.0 Å². The number of hydrogen-bond donors (Lipinski definition) is 2. The van der Waals surface area contributed by atoms with Gasteiger partial charge in [-0.05, 0) is 24.3 Å². The Morgan fingerprint density at radius 1 is 1.27 bits per heavy atom. The predicted octanol–water partition coefficient (Wildman–Crippen LogP) is 3.77. The first-order valence-corrected chi connectivity index (χ1v) is 7.70. The number of rotatable bonds is 5. The highest BCUT2D eigenvalue weighted by Gasteiger charge is 2.30. The number of nitrogens with two attached hydrogens (primary N) is 1. The van der Waals surface area contributed by atoms with Crippen LogP contribution >= 0.6 is 11.8 Å². The van der Waals surface area contributed by atoms with E-state index in [2.05, 4.69) is 5.10 Å². The van der Waals surface area contributed by atoms with Crippen LogP contribution in [0.3, 0.4) is 0 Å². The molecule has 7 nitrogen and oxygen atoms in total. The molecule has 0 atom stereocenters. The maximum absolute atomic E-state index is 12.8. The normalized spacial score (nSPS) is 11.5. The fourth-order valence-corrected chi connectivity index (χ4v) is 2.84. The summed E-state index contributed by atoms with van der Waals surface area (Å²) in [5.41, 5.74) is 5.93. The molecule has 0 bridgehead atoms. The van der Waals surface area contributed by atoms with Gasteiger partial charge in [0.05, 0.1) is 21.6 Å². The summed E-state index contributed by atoms with van der Waals surface area (Å²) in [6.07, 6.45) is -3.35. The van der Waals surface area contributed by atoms with Crippen molar-refractivity contribution in [2.24, 2.45) is 10.8 Å². The Morgan fingerprint density at radius 3 is 2.62 bits per heavy atom. The number of hydrogen-bond acceptors (Lipinski definition) is 5. The van der Waals surface area contributed by atoms with Crippen LogP contribution in [0.15, 0.2) is 57.4 Å². The van der Waals surface area contributed by atoms with E-state index in [1.54, 1.807) is 0 Å². The van der Waals surface area contributed by atoms with Gasteiger partial charge >= 0.3 is 12.2 Å². The summed E-state index contributed by atoms with van der Waals surface area (Å²) in [6, 6.07) is 7.63. The van der Waals surface area contributed by atoms with Gasteiger partial charge in [-0.15, -0.1) is 0 Å². The Kier molecular flexibility index (Phi) is 5.82. The maximum Gasteiger partial charge on any atom is 0.416 e. The van der Waals surface area contributed by atoms with Gasteiger partial charge in [-0.3, -0.25) is 10.1 Å². The predicted molar refractivity (Wildman–Crippen MR) is 89.0 cm³/mol. The topological polar surface area (TPSA) is 111 Å². The zero-order valence-corrected chi connectivity index (χ0v) is 13.7. The number of alkyl halides is 3. The van der Waals surface area contributed by atoms with Crippen molar-refractivity contribution in [2.75, 3.05) is 0 Å². The summed E-state index contributed by atoms with van der Waals surface area (Å²) in [6.45, 7) is 0. The number of hydrazone groups is 1. The van der Waals surface area contributed by atoms with Crippen molar-refractivity contribution in [3.8, 4) is 0 Å². The molecule has 136 valence electrons. The summed E-state index contributed by atoms with van der Waals surface area (Å²) in [7, 11) is 0. The van der Waals surface area contributed by atoms with Gasteiger partial charge in [0.2, 0.25) is 0 Å². The Labute approximate surface area is 149 Å². The lowest BCUT2D eigenvalue weighted by Gasteiger charge is -2.09. The van der Waals surface area contributed by atoms with E-state index in [1.165, 1.54) is 30.3 Å². The number of primary amides is 1. The van der Waals surface area contributed by atoms with Crippen LogP contribution in [0.2, 0.25) is 0 Å². The van der Waals surface area contributed by atoms with Crippen LogP contribution in [-0.2, 0) is 6.18 Å². The molecule has 0 heterocycles. The number of urea groups is 1. The molecule has 2 amide bonds. The minimum Gasteiger partial charge on any atom is -0.350 e. The zero-order chi connectivity index (χ0) is 19.3. The monoisotopic (exact) mass is 384 g/mol. The molecular formula is C15H11F3N4O3S. The summed E-state index contributed by atoms with van der Waals surface area (Å²) in [5.74, 6) is 0. The van der Waals surface area contributed by atoms with E-state index in [9.17, 15) is 28.1 Å². The molecule has 11 heteroatoms. The van der Waals surface area contributed by atoms with Gasteiger partial charge in [0.1, 0.15) is 0 Å². The lowest BCUT2D eigenvalue weighted by atomic mass is 10.2. The number of nitro groups is 1. The van der Waals surface area contributed by atoms with Crippen molar-refractivity contribution in [3.05, 3.63) is 63.7 Å². The number of halogens is 3. The first kappa shape index (κ1) is 19.2. The second-order valence-electron chi connectivity index (χ2n) is 4.85. The van der Waals surface area contributed by atoms with E-state index in [0.717, 1.165) is 30.1 Å². The third kappa shape index (κ3) is 5.21. The van der Waals surface area contributed by atoms with Gasteiger partial charge in [-0.2, -0.15) is 18.3 Å². The third-order valence-corrected chi connectivity index (χ3v) is 4.01. The Hall–Kier alpha value is -3.08. The fraction of sp³-hybridized carbons (Fsp3) is 0.0667. The molecule has 0 radical (unpaired) electrons. The average molecular weight is 384 g/mol. The Bertz CT molecular complexity index is 871. The van der Waals surface area contributed by atoms with E-state index in [1.807, 2.05) is 5.43 Å². The van der Waals surface area contributed by atoms with Crippen LogP contribution in [0.4, 0.5) is 23.7 Å². The molecule has 0 fully saturated rings. The van der Waals surface area contributed by atoms with Gasteiger partial charge in [-0.25, -0.2) is 10.2 Å². The van der Waals surface area contributed by atoms with Crippen LogP contribution in [0.5, 0.6) is 0 Å². The van der Waals surface area contributed by atoms with Crippen LogP contribution in [-0.4, -0.2) is 17.2 Å². The van der Waals surface area contributed by atoms with E-state index >= 15 is 0 Å². The number of carbonyl (C=O) groups is 1. The molecule has 0 aliphatic heterocycles.